The zero-order chi connectivity index (χ0) is 9.40. The van der Waals surface area contributed by atoms with Gasteiger partial charge in [-0.2, -0.15) is 0 Å². The van der Waals surface area contributed by atoms with Crippen LogP contribution in [0.2, 0.25) is 0 Å². The third kappa shape index (κ3) is 7.50. The summed E-state index contributed by atoms with van der Waals surface area (Å²) in [7, 11) is 4.06. The molecule has 0 amide bonds. The fraction of sp³-hybridized carbons (Fsp3) is 0.875. The summed E-state index contributed by atoms with van der Waals surface area (Å²) < 4.78 is 4.53. The Balaban J connectivity index is 3.13. The lowest BCUT2D eigenvalue weighted by molar-refractivity contribution is -0.133. The van der Waals surface area contributed by atoms with Gasteiger partial charge in [0.05, 0.1) is 0 Å². The van der Waals surface area contributed by atoms with Gasteiger partial charge in [-0.3, -0.25) is 10.5 Å². The number of ether oxygens (including phenoxy) is 1. The summed E-state index contributed by atoms with van der Waals surface area (Å²) in [5.41, 5.74) is 5.43. The van der Waals surface area contributed by atoms with Crippen LogP contribution in [0.15, 0.2) is 0 Å². The van der Waals surface area contributed by atoms with Crippen molar-refractivity contribution >= 4 is 6.47 Å². The first kappa shape index (κ1) is 11.4. The van der Waals surface area contributed by atoms with Crippen molar-refractivity contribution in [3.05, 3.63) is 0 Å². The predicted octanol–water partition coefficient (Wildman–Crippen LogP) is 0.176. The highest BCUT2D eigenvalue weighted by Crippen LogP contribution is 1.99. The Labute approximate surface area is 73.7 Å². The zero-order valence-electron chi connectivity index (χ0n) is 7.82. The van der Waals surface area contributed by atoms with Gasteiger partial charge in [-0.15, -0.1) is 0 Å². The van der Waals surface area contributed by atoms with Crippen molar-refractivity contribution in [1.29, 1.82) is 0 Å². The Bertz CT molecular complexity index is 118. The molecule has 0 aromatic heterocycles. The normalized spacial score (nSPS) is 13.0. The molecule has 0 saturated heterocycles. The standard InChI is InChI=1S/C8H18N2O2/c1-10(2)6-4-3-5-8(9)12-7-11/h7-8H,3-6,9H2,1-2H3. The summed E-state index contributed by atoms with van der Waals surface area (Å²) >= 11 is 0. The average Bonchev–Trinajstić information content (AvgIpc) is 1.98. The van der Waals surface area contributed by atoms with Crippen LogP contribution in [0.25, 0.3) is 0 Å². The molecular formula is C8H18N2O2. The highest BCUT2D eigenvalue weighted by atomic mass is 16.5. The molecule has 2 N–H and O–H groups in total. The van der Waals surface area contributed by atoms with E-state index in [1.54, 1.807) is 0 Å². The van der Waals surface area contributed by atoms with Crippen LogP contribution in [0, 0.1) is 0 Å². The van der Waals surface area contributed by atoms with Gasteiger partial charge >= 0.3 is 0 Å². The van der Waals surface area contributed by atoms with Crippen LogP contribution in [0.3, 0.4) is 0 Å². The number of rotatable bonds is 7. The Kier molecular flexibility index (Phi) is 6.70. The Morgan fingerprint density at radius 3 is 2.67 bits per heavy atom. The largest absolute Gasteiger partial charge is 0.449 e. The smallest absolute Gasteiger partial charge is 0.294 e. The minimum Gasteiger partial charge on any atom is -0.449 e. The molecule has 0 bridgehead atoms. The summed E-state index contributed by atoms with van der Waals surface area (Å²) in [6.07, 6.45) is 2.40. The second-order valence-corrected chi connectivity index (χ2v) is 3.07. The highest BCUT2D eigenvalue weighted by molar-refractivity contribution is 5.37. The molecule has 0 aliphatic carbocycles. The summed E-state index contributed by atoms with van der Waals surface area (Å²) in [5.74, 6) is 0. The molecular weight excluding hydrogens is 156 g/mol. The Hall–Kier alpha value is -0.610. The van der Waals surface area contributed by atoms with E-state index < -0.39 is 6.23 Å². The molecule has 0 saturated carbocycles. The molecule has 0 aromatic rings. The van der Waals surface area contributed by atoms with E-state index >= 15 is 0 Å². The van der Waals surface area contributed by atoms with Crippen molar-refractivity contribution in [1.82, 2.24) is 4.90 Å². The third-order valence-corrected chi connectivity index (χ3v) is 1.57. The van der Waals surface area contributed by atoms with E-state index in [0.717, 1.165) is 25.8 Å². The first-order chi connectivity index (χ1) is 5.66. The van der Waals surface area contributed by atoms with E-state index in [1.165, 1.54) is 0 Å². The van der Waals surface area contributed by atoms with Crippen LogP contribution in [0.4, 0.5) is 0 Å². The zero-order valence-corrected chi connectivity index (χ0v) is 7.82. The van der Waals surface area contributed by atoms with Gasteiger partial charge in [0.25, 0.3) is 6.47 Å². The predicted molar refractivity (Wildman–Crippen MR) is 47.5 cm³/mol. The van der Waals surface area contributed by atoms with Gasteiger partial charge in [0.1, 0.15) is 0 Å². The molecule has 0 heterocycles. The number of nitrogens with two attached hydrogens (primary N) is 1. The Morgan fingerprint density at radius 2 is 2.17 bits per heavy atom. The molecule has 12 heavy (non-hydrogen) atoms. The molecule has 1 unspecified atom stereocenters. The van der Waals surface area contributed by atoms with Gasteiger partial charge in [-0.25, -0.2) is 0 Å². The quantitative estimate of drug-likeness (QED) is 0.340. The van der Waals surface area contributed by atoms with Gasteiger partial charge in [0.2, 0.25) is 0 Å². The average molecular weight is 174 g/mol. The van der Waals surface area contributed by atoms with Crippen LogP contribution in [-0.4, -0.2) is 38.2 Å². The summed E-state index contributed by atoms with van der Waals surface area (Å²) in [6.45, 7) is 1.45. The van der Waals surface area contributed by atoms with Crippen LogP contribution in [0.5, 0.6) is 0 Å². The SMILES string of the molecule is CN(C)CCCCC(N)OC=O. The number of hydrogen-bond donors (Lipinski definition) is 1. The first-order valence-electron chi connectivity index (χ1n) is 4.16. The summed E-state index contributed by atoms with van der Waals surface area (Å²) in [6, 6.07) is 0. The van der Waals surface area contributed by atoms with Crippen molar-refractivity contribution in [3.8, 4) is 0 Å². The van der Waals surface area contributed by atoms with Crippen LogP contribution in [-0.2, 0) is 9.53 Å². The molecule has 0 radical (unpaired) electrons. The van der Waals surface area contributed by atoms with Gasteiger partial charge in [0.15, 0.2) is 6.23 Å². The maximum absolute atomic E-state index is 9.85. The number of nitrogens with zero attached hydrogens (tertiary/aromatic N) is 1. The highest BCUT2D eigenvalue weighted by Gasteiger charge is 2.00. The van der Waals surface area contributed by atoms with Crippen molar-refractivity contribution in [2.75, 3.05) is 20.6 Å². The number of carbonyl (C=O) groups excluding carboxylic acids is 1. The number of unbranched alkanes of at least 4 members (excludes halogenated alkanes) is 1. The molecule has 72 valence electrons. The molecule has 4 heteroatoms. The fourth-order valence-corrected chi connectivity index (χ4v) is 0.913. The lowest BCUT2D eigenvalue weighted by Gasteiger charge is -2.11. The molecule has 0 aromatic carbocycles. The van der Waals surface area contributed by atoms with E-state index in [1.807, 2.05) is 14.1 Å². The number of hydrogen-bond acceptors (Lipinski definition) is 4. The molecule has 0 aliphatic heterocycles. The van der Waals surface area contributed by atoms with E-state index in [0.29, 0.717) is 6.47 Å². The van der Waals surface area contributed by atoms with Gasteiger partial charge in [-0.1, -0.05) is 0 Å². The fourth-order valence-electron chi connectivity index (χ4n) is 0.913. The third-order valence-electron chi connectivity index (χ3n) is 1.57. The van der Waals surface area contributed by atoms with Crippen molar-refractivity contribution in [3.63, 3.8) is 0 Å². The monoisotopic (exact) mass is 174 g/mol. The van der Waals surface area contributed by atoms with Crippen LogP contribution in [0.1, 0.15) is 19.3 Å². The van der Waals surface area contributed by atoms with E-state index in [9.17, 15) is 4.79 Å². The maximum Gasteiger partial charge on any atom is 0.294 e. The lowest BCUT2D eigenvalue weighted by Crippen LogP contribution is -2.23. The Morgan fingerprint density at radius 1 is 1.50 bits per heavy atom. The van der Waals surface area contributed by atoms with Crippen LogP contribution < -0.4 is 5.73 Å². The van der Waals surface area contributed by atoms with E-state index in [-0.39, 0.29) is 0 Å². The minimum atomic E-state index is -0.426. The summed E-state index contributed by atoms with van der Waals surface area (Å²) in [5, 5.41) is 0. The maximum atomic E-state index is 9.85. The second-order valence-electron chi connectivity index (χ2n) is 3.07. The molecule has 0 rings (SSSR count). The van der Waals surface area contributed by atoms with Gasteiger partial charge < -0.3 is 9.64 Å². The molecule has 0 aliphatic rings. The van der Waals surface area contributed by atoms with E-state index in [4.69, 9.17) is 5.73 Å². The second kappa shape index (κ2) is 7.06. The topological polar surface area (TPSA) is 55.6 Å². The van der Waals surface area contributed by atoms with Crippen molar-refractivity contribution < 1.29 is 9.53 Å². The van der Waals surface area contributed by atoms with Crippen LogP contribution >= 0.6 is 0 Å². The molecule has 0 fully saturated rings. The van der Waals surface area contributed by atoms with E-state index in [2.05, 4.69) is 9.64 Å². The van der Waals surface area contributed by atoms with Crippen molar-refractivity contribution in [2.45, 2.75) is 25.5 Å². The van der Waals surface area contributed by atoms with Crippen molar-refractivity contribution in [2.24, 2.45) is 5.73 Å². The molecule has 0 spiro atoms. The summed E-state index contributed by atoms with van der Waals surface area (Å²) in [4.78, 5) is 12.0. The first-order valence-corrected chi connectivity index (χ1v) is 4.16. The van der Waals surface area contributed by atoms with Gasteiger partial charge in [0, 0.05) is 0 Å². The number of carbonyl (C=O) groups is 1. The lowest BCUT2D eigenvalue weighted by atomic mass is 10.2. The molecule has 1 atom stereocenters. The minimum absolute atomic E-state index is 0.399. The van der Waals surface area contributed by atoms with Gasteiger partial charge in [-0.05, 0) is 39.9 Å². The molecule has 4 nitrogen and oxygen atoms in total.